The number of nitrogens with one attached hydrogen (secondary N) is 2. The third kappa shape index (κ3) is 18.8. The van der Waals surface area contributed by atoms with E-state index < -0.39 is 154 Å². The number of likely N-dealkylation sites (tertiary alicyclic amines) is 1. The Morgan fingerprint density at radius 3 is 1.85 bits per heavy atom. The minimum atomic E-state index is -1.64. The van der Waals surface area contributed by atoms with Crippen molar-refractivity contribution in [1.29, 1.82) is 0 Å². The number of carbonyl (C=O) groups is 12. The van der Waals surface area contributed by atoms with Crippen LogP contribution in [-0.4, -0.2) is 186 Å². The summed E-state index contributed by atoms with van der Waals surface area (Å²) in [6, 6.07) is 4.31. The van der Waals surface area contributed by atoms with E-state index in [-0.39, 0.29) is 104 Å². The fourth-order valence-corrected chi connectivity index (χ4v) is 14.3. The molecule has 0 radical (unpaired) electrons. The Bertz CT molecular complexity index is 3630. The highest BCUT2D eigenvalue weighted by Gasteiger charge is 2.69. The van der Waals surface area contributed by atoms with Gasteiger partial charge in [-0.3, -0.25) is 48.4 Å². The topological polar surface area (TPSA) is 304 Å². The summed E-state index contributed by atoms with van der Waals surface area (Å²) in [7, 11) is 0. The molecule has 0 spiro atoms. The summed E-state index contributed by atoms with van der Waals surface area (Å²) in [5.74, 6) is -7.52. The predicted octanol–water partition coefficient (Wildman–Crippen LogP) is 10.3. The number of alkyl carbamates (subject to hydrolysis) is 2. The molecule has 5 heterocycles. The van der Waals surface area contributed by atoms with Crippen LogP contribution in [0.1, 0.15) is 194 Å². The maximum atomic E-state index is 14.7. The molecule has 2 aromatic rings. The second-order valence-corrected chi connectivity index (χ2v) is 29.3. The monoisotopic (exact) mass is 1450 g/mol. The van der Waals surface area contributed by atoms with Gasteiger partial charge in [-0.25, -0.2) is 37.5 Å². The Morgan fingerprint density at radius 2 is 1.30 bits per heavy atom. The highest BCUT2D eigenvalue weighted by atomic mass is 19.1. The van der Waals surface area contributed by atoms with Gasteiger partial charge in [0, 0.05) is 61.7 Å². The van der Waals surface area contributed by atoms with Crippen molar-refractivity contribution in [3.8, 4) is 0 Å². The van der Waals surface area contributed by atoms with E-state index in [9.17, 15) is 66.3 Å². The van der Waals surface area contributed by atoms with Gasteiger partial charge in [-0.05, 0) is 130 Å². The van der Waals surface area contributed by atoms with Crippen LogP contribution < -0.4 is 10.6 Å². The summed E-state index contributed by atoms with van der Waals surface area (Å²) < 4.78 is 62.3. The zero-order valence-electron chi connectivity index (χ0n) is 61.6. The summed E-state index contributed by atoms with van der Waals surface area (Å²) in [6.45, 7) is 23.9. The molecule has 4 fully saturated rings. The number of fused-ring (bicyclic) bond motifs is 4. The number of allylic oxidation sites excluding steroid dienone is 2. The minimum absolute atomic E-state index is 0.00378. The highest BCUT2D eigenvalue weighted by molar-refractivity contribution is 6.08. The second kappa shape index (κ2) is 34.6. The number of hydrogen-bond donors (Lipinski definition) is 2. The average molecular weight is 1450 g/mol. The summed E-state index contributed by atoms with van der Waals surface area (Å²) >= 11 is 0. The number of amides is 10. The molecule has 2 saturated carbocycles. The number of rotatable bonds is 20. The van der Waals surface area contributed by atoms with E-state index in [1.54, 1.807) is 99.6 Å². The number of esters is 2. The van der Waals surface area contributed by atoms with Gasteiger partial charge >= 0.3 is 36.3 Å². The van der Waals surface area contributed by atoms with Crippen LogP contribution in [0, 0.1) is 23.5 Å². The molecule has 28 heteroatoms. The average Bonchev–Trinajstić information content (AvgIpc) is 1.56. The zero-order chi connectivity index (χ0) is 76.2. The Labute approximate surface area is 606 Å². The van der Waals surface area contributed by atoms with Gasteiger partial charge in [0.15, 0.2) is 11.1 Å². The standard InChI is InChI=1S/C39H53FN4O9.C37H49FN4O9/c1-8-12-13-14-15-19-30(41-36(49)53-38(5,6)7)33(46)43-23-27(52-37(50)42-22-25-17-16-18-29(40)28(25)24-42)20-31(43)34(47)44(32(45)10-3)39(21-26(39)9-2)35(48)51-11-4;1-6-30(43)42-32(45)29-18-25(50-35(48)40-20-23-14-13-16-27(38)26(23)22-40)21-41(29)31(44)28(39-34(47)51-36(3,4)5)17-12-10-8-9-11-15-24-19-37(24,42)33(46)49-7-2/h8-9,16-18,26-27,30-31H,1-2,10-15,19-24H2,3-7H3,(H,41,49);11,13-16,24-25,28-29H,6-10,12,17-22H2,1-5H3,(H,39,47)/b;15-11-/t26-,27-,30+,31+,39-;24-,25-,28+,29+,37-/m11/s1. The Balaban J connectivity index is 0.000000263. The van der Waals surface area contributed by atoms with Gasteiger partial charge in [0.05, 0.1) is 39.4 Å². The van der Waals surface area contributed by atoms with E-state index in [1.807, 2.05) is 12.2 Å². The molecule has 2 aliphatic carbocycles. The molecule has 2 N–H and O–H groups in total. The zero-order valence-corrected chi connectivity index (χ0v) is 61.6. The van der Waals surface area contributed by atoms with Crippen LogP contribution in [0.25, 0.3) is 0 Å². The molecular weight excluding hydrogens is 1350 g/mol. The minimum Gasteiger partial charge on any atom is -0.464 e. The summed E-state index contributed by atoms with van der Waals surface area (Å²) in [5.41, 5.74) is -2.87. The lowest BCUT2D eigenvalue weighted by Crippen LogP contribution is -2.59. The molecule has 0 aromatic heterocycles. The lowest BCUT2D eigenvalue weighted by atomic mass is 10.0. The number of benzene rings is 2. The van der Waals surface area contributed by atoms with Gasteiger partial charge in [0.2, 0.25) is 23.6 Å². The lowest BCUT2D eigenvalue weighted by molar-refractivity contribution is -0.166. The third-order valence-corrected chi connectivity index (χ3v) is 19.5. The fraction of sp³-hybridized carbons (Fsp3) is 0.605. The van der Waals surface area contributed by atoms with Crippen molar-refractivity contribution < 1.29 is 94.7 Å². The molecule has 2 saturated heterocycles. The summed E-state index contributed by atoms with van der Waals surface area (Å²) in [6.07, 6.45) is 7.68. The lowest BCUT2D eigenvalue weighted by Gasteiger charge is -2.35. The largest absolute Gasteiger partial charge is 0.464 e. The van der Waals surface area contributed by atoms with Crippen molar-refractivity contribution in [2.45, 2.75) is 257 Å². The maximum Gasteiger partial charge on any atom is 0.410 e. The van der Waals surface area contributed by atoms with Crippen LogP contribution in [0.15, 0.2) is 73.9 Å². The maximum absolute atomic E-state index is 14.7. The van der Waals surface area contributed by atoms with Crippen LogP contribution in [0.4, 0.5) is 28.0 Å². The normalized spacial score (nSPS) is 24.7. The number of carbonyl (C=O) groups excluding carboxylic acids is 12. The predicted molar refractivity (Wildman–Crippen MR) is 373 cm³/mol. The van der Waals surface area contributed by atoms with E-state index >= 15 is 0 Å². The summed E-state index contributed by atoms with van der Waals surface area (Å²) in [4.78, 5) is 173. The van der Waals surface area contributed by atoms with E-state index in [1.165, 1.54) is 37.8 Å². The van der Waals surface area contributed by atoms with Gasteiger partial charge in [-0.2, -0.15) is 0 Å². The van der Waals surface area contributed by atoms with Gasteiger partial charge in [0.1, 0.15) is 59.2 Å². The SMILES string of the molecule is C=CCCCCC[C@H](NC(=O)OC(C)(C)C)C(=O)N1C[C@H](OC(=O)N2Cc3cccc(F)c3C2)C[C@H]1C(=O)N(C(=O)CC)[C@]1(C(=O)OCC)C[C@H]1C=C.CCOC(=O)[C@@]12C[C@H]1/C=C\CCCCC[C@H](NC(=O)OC(C)(C)C)C(=O)N1C[C@H](OC(=O)N3Cc4cccc(F)c4C3)C[C@H]1C(=O)N2C(=O)CC. The van der Waals surface area contributed by atoms with E-state index in [4.69, 9.17) is 28.4 Å². The fourth-order valence-electron chi connectivity index (χ4n) is 14.3. The van der Waals surface area contributed by atoms with Gasteiger partial charge in [0.25, 0.3) is 11.8 Å². The van der Waals surface area contributed by atoms with Crippen LogP contribution in [0.3, 0.4) is 0 Å². The first-order valence-corrected chi connectivity index (χ1v) is 36.3. The van der Waals surface area contributed by atoms with Gasteiger partial charge in [-0.1, -0.05) is 88.1 Å². The van der Waals surface area contributed by atoms with E-state index in [0.29, 0.717) is 41.5 Å². The van der Waals surface area contributed by atoms with Crippen LogP contribution in [0.5, 0.6) is 0 Å². The van der Waals surface area contributed by atoms with Crippen LogP contribution >= 0.6 is 0 Å². The number of nitrogens with zero attached hydrogens (tertiary/aromatic N) is 6. The number of ether oxygens (including phenoxy) is 6. The molecule has 10 amide bonds. The van der Waals surface area contributed by atoms with E-state index in [0.717, 1.165) is 41.9 Å². The first kappa shape index (κ1) is 80.4. The third-order valence-electron chi connectivity index (χ3n) is 19.5. The molecular formula is C76H102F2N8O18. The summed E-state index contributed by atoms with van der Waals surface area (Å²) in [5, 5.41) is 5.35. The molecule has 2 aromatic carbocycles. The van der Waals surface area contributed by atoms with E-state index in [2.05, 4.69) is 23.8 Å². The first-order valence-electron chi connectivity index (χ1n) is 36.3. The molecule has 26 nitrogen and oxygen atoms in total. The quantitative estimate of drug-likeness (QED) is 0.0539. The van der Waals surface area contributed by atoms with Crippen molar-refractivity contribution in [1.82, 2.24) is 40.0 Å². The number of unbranched alkanes of at least 4 members (excludes halogenated alkanes) is 3. The molecule has 10 atom stereocenters. The van der Waals surface area contributed by atoms with Crippen molar-refractivity contribution in [3.05, 3.63) is 108 Å². The molecule has 568 valence electrons. The molecule has 5 aliphatic heterocycles. The van der Waals surface area contributed by atoms with Crippen molar-refractivity contribution >= 4 is 71.8 Å². The second-order valence-electron chi connectivity index (χ2n) is 29.3. The molecule has 9 rings (SSSR count). The van der Waals surface area contributed by atoms with Gasteiger partial charge in [-0.15, -0.1) is 13.2 Å². The van der Waals surface area contributed by atoms with Crippen molar-refractivity contribution in [3.63, 3.8) is 0 Å². The molecule has 7 aliphatic rings. The molecule has 104 heavy (non-hydrogen) atoms. The molecule has 0 bridgehead atoms. The van der Waals surface area contributed by atoms with Gasteiger partial charge < -0.3 is 48.9 Å². The van der Waals surface area contributed by atoms with Crippen LogP contribution in [-0.2, 0) is 93.0 Å². The Hall–Kier alpha value is -9.24. The highest BCUT2D eigenvalue weighted by Crippen LogP contribution is 2.53. The number of halogens is 2. The molecule has 0 unspecified atom stereocenters. The van der Waals surface area contributed by atoms with Crippen molar-refractivity contribution in [2.75, 3.05) is 26.3 Å². The Morgan fingerprint density at radius 1 is 0.702 bits per heavy atom. The number of imide groups is 2. The smallest absolute Gasteiger partial charge is 0.410 e. The first-order chi connectivity index (χ1) is 49.3. The Kier molecular flexibility index (Phi) is 26.7. The van der Waals surface area contributed by atoms with Crippen LogP contribution in [0.2, 0.25) is 0 Å². The van der Waals surface area contributed by atoms with Crippen molar-refractivity contribution in [2.24, 2.45) is 11.8 Å². The number of hydrogen-bond acceptors (Lipinski definition) is 18.